The Morgan fingerprint density at radius 2 is 1.13 bits per heavy atom. The molecule has 67 heavy (non-hydrogen) atoms. The summed E-state index contributed by atoms with van der Waals surface area (Å²) >= 11 is 0. The molecular formula is C46H45N15O6. The lowest BCUT2D eigenvalue weighted by atomic mass is 10.1. The number of nitrogen functional groups attached to an aromatic ring is 2. The highest BCUT2D eigenvalue weighted by Gasteiger charge is 2.21. The first kappa shape index (κ1) is 46.3. The first-order valence-electron chi connectivity index (χ1n) is 20.7. The summed E-state index contributed by atoms with van der Waals surface area (Å²) < 4.78 is 14.2. The highest BCUT2D eigenvalue weighted by atomic mass is 16.4. The lowest BCUT2D eigenvalue weighted by molar-refractivity contribution is -0.140. The molecule has 6 aromatic heterocycles. The van der Waals surface area contributed by atoms with Crippen LogP contribution in [0.25, 0.3) is 68.6 Å². The Morgan fingerprint density at radius 3 is 1.55 bits per heavy atom. The van der Waals surface area contributed by atoms with Crippen molar-refractivity contribution in [3.8, 4) is 74.7 Å². The standard InChI is InChI=1S/C23H22N8O2.C23H23N7O4/c1-13-8-15(10-26-3)4-6-17(13)22-29-30-23(33-22)20-21(25)27-11-18(28-20)16-5-7-19(32)31(12-16)14(2)9-24;1-12-8-14(9-25-3)4-6-16(12)21-28-29-22(34-21)19-20(24)26-10-17(27-19)15-5-7-18(31)30(11-15)13(2)23(32)33/h4-8,11-12,14,26H,10H2,1-3H3,(H2,25,27);4-8,10-11,13,25H,9H2,1-3H3,(H2,24,26)(H,32,33). The number of carboxylic acid groups (broad SMARTS) is 1. The molecule has 2 aromatic carbocycles. The summed E-state index contributed by atoms with van der Waals surface area (Å²) in [6.45, 7) is 8.49. The van der Waals surface area contributed by atoms with E-state index in [1.807, 2.05) is 58.3 Å². The number of aromatic nitrogens is 10. The summed E-state index contributed by atoms with van der Waals surface area (Å²) in [6, 6.07) is 18.1. The zero-order chi connectivity index (χ0) is 47.9. The minimum atomic E-state index is -1.13. The first-order valence-corrected chi connectivity index (χ1v) is 20.7. The number of aryl methyl sites for hydroxylation is 2. The third kappa shape index (κ3) is 10.1. The number of benzene rings is 2. The third-order valence-electron chi connectivity index (χ3n) is 10.5. The van der Waals surface area contributed by atoms with Gasteiger partial charge in [-0.05, 0) is 88.3 Å². The number of hydrogen-bond donors (Lipinski definition) is 5. The maximum absolute atomic E-state index is 12.1. The fraction of sp³-hybridized carbons (Fsp3) is 0.217. The van der Waals surface area contributed by atoms with Crippen LogP contribution in [0.4, 0.5) is 11.6 Å². The molecule has 21 nitrogen and oxygen atoms in total. The van der Waals surface area contributed by atoms with Crippen molar-refractivity contribution in [2.45, 2.75) is 52.9 Å². The fourth-order valence-electron chi connectivity index (χ4n) is 6.90. The number of nitrogens with one attached hydrogen (secondary N) is 2. The van der Waals surface area contributed by atoms with Crippen LogP contribution in [0.15, 0.2) is 104 Å². The van der Waals surface area contributed by atoms with Gasteiger partial charge in [-0.3, -0.25) is 14.2 Å². The van der Waals surface area contributed by atoms with Gasteiger partial charge in [0, 0.05) is 59.9 Å². The molecule has 8 aromatic rings. The maximum Gasteiger partial charge on any atom is 0.326 e. The predicted octanol–water partition coefficient (Wildman–Crippen LogP) is 4.99. The SMILES string of the molecule is CNCc1ccc(-c2nnc(-c3nc(-c4ccc(=O)n(C(C)C#N)c4)cnc3N)o2)c(C)c1.CNCc1ccc(-c2nnc(-c3nc(-c4ccc(=O)n(C(C)C(=O)O)c4)cnc3N)o2)c(C)c1. The van der Waals surface area contributed by atoms with Gasteiger partial charge < -0.3 is 40.6 Å². The van der Waals surface area contributed by atoms with Crippen LogP contribution in [0, 0.1) is 25.2 Å². The molecule has 7 N–H and O–H groups in total. The van der Waals surface area contributed by atoms with Gasteiger partial charge in [-0.2, -0.15) is 5.26 Å². The van der Waals surface area contributed by atoms with Crippen molar-refractivity contribution in [3.63, 3.8) is 0 Å². The van der Waals surface area contributed by atoms with Gasteiger partial charge in [0.2, 0.25) is 11.8 Å². The smallest absolute Gasteiger partial charge is 0.326 e. The lowest BCUT2D eigenvalue weighted by Crippen LogP contribution is -2.27. The van der Waals surface area contributed by atoms with Gasteiger partial charge >= 0.3 is 5.97 Å². The summed E-state index contributed by atoms with van der Waals surface area (Å²) in [5, 5.41) is 41.2. The third-order valence-corrected chi connectivity index (χ3v) is 10.5. The van der Waals surface area contributed by atoms with E-state index in [1.54, 1.807) is 19.2 Å². The van der Waals surface area contributed by atoms with E-state index in [9.17, 15) is 24.8 Å². The molecule has 0 spiro atoms. The van der Waals surface area contributed by atoms with E-state index in [0.29, 0.717) is 34.3 Å². The highest BCUT2D eigenvalue weighted by Crippen LogP contribution is 2.31. The summed E-state index contributed by atoms with van der Waals surface area (Å²) in [4.78, 5) is 53.0. The van der Waals surface area contributed by atoms with Gasteiger partial charge in [-0.25, -0.2) is 24.7 Å². The molecule has 2 unspecified atom stereocenters. The maximum atomic E-state index is 12.1. The number of pyridine rings is 2. The average Bonchev–Trinajstić information content (AvgIpc) is 4.01. The Kier molecular flexibility index (Phi) is 13.8. The van der Waals surface area contributed by atoms with Crippen LogP contribution in [-0.2, 0) is 17.9 Å². The largest absolute Gasteiger partial charge is 0.480 e. The van der Waals surface area contributed by atoms with Crippen LogP contribution < -0.4 is 33.2 Å². The zero-order valence-corrected chi connectivity index (χ0v) is 37.2. The van der Waals surface area contributed by atoms with Gasteiger partial charge in [0.15, 0.2) is 23.0 Å². The molecule has 8 rings (SSSR count). The van der Waals surface area contributed by atoms with E-state index in [0.717, 1.165) is 51.0 Å². The number of nitrogens with zero attached hydrogens (tertiary/aromatic N) is 11. The van der Waals surface area contributed by atoms with E-state index in [2.05, 4.69) is 63.1 Å². The van der Waals surface area contributed by atoms with Crippen molar-refractivity contribution >= 4 is 17.6 Å². The minimum Gasteiger partial charge on any atom is -0.480 e. The molecule has 0 amide bonds. The number of nitriles is 1. The Balaban J connectivity index is 0.000000199. The summed E-state index contributed by atoms with van der Waals surface area (Å²) in [7, 11) is 3.78. The van der Waals surface area contributed by atoms with Crippen molar-refractivity contribution < 1.29 is 18.7 Å². The van der Waals surface area contributed by atoms with E-state index in [4.69, 9.17) is 20.3 Å². The fourth-order valence-corrected chi connectivity index (χ4v) is 6.90. The van der Waals surface area contributed by atoms with E-state index in [1.165, 1.54) is 48.3 Å². The lowest BCUT2D eigenvalue weighted by Gasteiger charge is -2.12. The molecule has 0 saturated heterocycles. The van der Waals surface area contributed by atoms with E-state index in [-0.39, 0.29) is 40.4 Å². The number of carboxylic acids is 1. The van der Waals surface area contributed by atoms with Crippen molar-refractivity contribution in [2.24, 2.45) is 0 Å². The van der Waals surface area contributed by atoms with Gasteiger partial charge in [0.05, 0.1) is 29.9 Å². The van der Waals surface area contributed by atoms with Crippen LogP contribution in [0.2, 0.25) is 0 Å². The highest BCUT2D eigenvalue weighted by molar-refractivity contribution is 5.73. The zero-order valence-electron chi connectivity index (χ0n) is 37.2. The molecule has 0 fully saturated rings. The van der Waals surface area contributed by atoms with Gasteiger partial charge in [0.1, 0.15) is 12.1 Å². The Hall–Kier alpha value is -8.74. The number of aliphatic carboxylic acids is 1. The first-order chi connectivity index (χ1) is 32.2. The van der Waals surface area contributed by atoms with E-state index >= 15 is 0 Å². The molecule has 0 aliphatic rings. The minimum absolute atomic E-state index is 0.0901. The Bertz CT molecular complexity index is 3280. The topological polar surface area (TPSA) is 311 Å². The second-order valence-corrected chi connectivity index (χ2v) is 15.3. The Morgan fingerprint density at radius 1 is 0.701 bits per heavy atom. The number of hydrogen-bond acceptors (Lipinski definition) is 18. The molecule has 2 atom stereocenters. The molecule has 21 heteroatoms. The van der Waals surface area contributed by atoms with Crippen LogP contribution in [0.1, 0.15) is 48.2 Å². The normalized spacial score (nSPS) is 11.9. The molecule has 0 aliphatic heterocycles. The van der Waals surface area contributed by atoms with Crippen molar-refractivity contribution in [3.05, 3.63) is 128 Å². The predicted molar refractivity (Wildman–Crippen MR) is 247 cm³/mol. The van der Waals surface area contributed by atoms with Crippen molar-refractivity contribution in [1.82, 2.24) is 60.1 Å². The molecular weight excluding hydrogens is 859 g/mol. The Labute approximate surface area is 382 Å². The molecule has 0 aliphatic carbocycles. The van der Waals surface area contributed by atoms with Crippen LogP contribution in [0.5, 0.6) is 0 Å². The van der Waals surface area contributed by atoms with Crippen molar-refractivity contribution in [2.75, 3.05) is 25.6 Å². The molecule has 0 bridgehead atoms. The molecule has 6 heterocycles. The van der Waals surface area contributed by atoms with E-state index < -0.39 is 23.6 Å². The number of nitrogens with two attached hydrogens (primary N) is 2. The van der Waals surface area contributed by atoms with Gasteiger partial charge in [0.25, 0.3) is 22.9 Å². The van der Waals surface area contributed by atoms with Crippen LogP contribution in [-0.4, -0.2) is 74.6 Å². The number of rotatable bonds is 13. The van der Waals surface area contributed by atoms with Gasteiger partial charge in [-0.1, -0.05) is 24.3 Å². The molecule has 0 radical (unpaired) electrons. The summed E-state index contributed by atoms with van der Waals surface area (Å²) in [6.07, 6.45) is 5.90. The molecule has 340 valence electrons. The monoisotopic (exact) mass is 903 g/mol. The quantitative estimate of drug-likeness (QED) is 0.102. The molecule has 0 saturated carbocycles. The van der Waals surface area contributed by atoms with Crippen LogP contribution in [0.3, 0.4) is 0 Å². The number of carbonyl (C=O) groups is 1. The second-order valence-electron chi connectivity index (χ2n) is 15.3. The second kappa shape index (κ2) is 20.0. The van der Waals surface area contributed by atoms with Gasteiger partial charge in [-0.15, -0.1) is 20.4 Å². The summed E-state index contributed by atoms with van der Waals surface area (Å²) in [5.74, 6) is -0.0143. The summed E-state index contributed by atoms with van der Waals surface area (Å²) in [5.41, 5.74) is 19.5. The van der Waals surface area contributed by atoms with Crippen molar-refractivity contribution in [1.29, 1.82) is 5.26 Å². The van der Waals surface area contributed by atoms with Crippen LogP contribution >= 0.6 is 0 Å². The average molecular weight is 904 g/mol. The number of anilines is 2.